The van der Waals surface area contributed by atoms with Gasteiger partial charge in [-0.15, -0.1) is 0 Å². The number of ether oxygens (including phenoxy) is 2. The normalized spacial score (nSPS) is 12.6. The largest absolute Gasteiger partial charge is 0.710 e. The molecule has 2 aromatic heterocycles. The quantitative estimate of drug-likeness (QED) is 0.467. The van der Waals surface area contributed by atoms with Crippen LogP contribution >= 0.6 is 0 Å². The fraction of sp³-hybridized carbons (Fsp3) is 0.368. The van der Waals surface area contributed by atoms with E-state index >= 15 is 0 Å². The van der Waals surface area contributed by atoms with Gasteiger partial charge in [-0.1, -0.05) is 30.3 Å². The van der Waals surface area contributed by atoms with Crippen molar-refractivity contribution in [3.63, 3.8) is 0 Å². The Balaban J connectivity index is 1.69. The first-order valence-electron chi connectivity index (χ1n) is 8.47. The molecule has 1 aromatic carbocycles. The number of nitrogens with zero attached hydrogens (tertiary/aromatic N) is 3. The fourth-order valence-electron chi connectivity index (χ4n) is 2.88. The molecule has 1 unspecified atom stereocenters. The number of hydrogen-bond acceptors (Lipinski definition) is 4. The molecule has 0 saturated heterocycles. The van der Waals surface area contributed by atoms with E-state index in [1.165, 1.54) is 6.20 Å². The van der Waals surface area contributed by atoms with Gasteiger partial charge in [0, 0.05) is 13.5 Å². The summed E-state index contributed by atoms with van der Waals surface area (Å²) in [6.45, 7) is 6.09. The predicted octanol–water partition coefficient (Wildman–Crippen LogP) is 2.60. The summed E-state index contributed by atoms with van der Waals surface area (Å²) in [5, 5.41) is 11.9. The third-order valence-electron chi connectivity index (χ3n) is 4.07. The van der Waals surface area contributed by atoms with Gasteiger partial charge in [0.05, 0.1) is 32.1 Å². The first-order chi connectivity index (χ1) is 12.2. The lowest BCUT2D eigenvalue weighted by molar-refractivity contribution is -0.579. The maximum Gasteiger partial charge on any atom is 0.352 e. The van der Waals surface area contributed by atoms with Crippen LogP contribution in [0.2, 0.25) is 0 Å². The van der Waals surface area contributed by atoms with Crippen LogP contribution in [0.25, 0.3) is 11.2 Å². The summed E-state index contributed by atoms with van der Waals surface area (Å²) in [6, 6.07) is 13.7. The van der Waals surface area contributed by atoms with E-state index in [0.717, 1.165) is 21.6 Å². The van der Waals surface area contributed by atoms with Gasteiger partial charge in [-0.2, -0.15) is 0 Å². The van der Waals surface area contributed by atoms with Gasteiger partial charge in [-0.25, -0.2) is 4.73 Å². The van der Waals surface area contributed by atoms with Crippen molar-refractivity contribution < 1.29 is 14.2 Å². The van der Waals surface area contributed by atoms with Crippen molar-refractivity contribution in [2.75, 3.05) is 13.2 Å². The lowest BCUT2D eigenvalue weighted by Crippen LogP contribution is -2.27. The highest BCUT2D eigenvalue weighted by Gasteiger charge is 2.20. The molecule has 132 valence electrons. The molecule has 0 amide bonds. The molecule has 25 heavy (non-hydrogen) atoms. The Morgan fingerprint density at radius 1 is 1.20 bits per heavy atom. The number of pyridine rings is 1. The lowest BCUT2D eigenvalue weighted by atomic mass is 10.2. The molecule has 0 N–H and O–H groups in total. The van der Waals surface area contributed by atoms with Gasteiger partial charge in [0.25, 0.3) is 0 Å². The average molecular weight is 341 g/mol. The second kappa shape index (κ2) is 8.09. The van der Waals surface area contributed by atoms with Crippen LogP contribution in [0, 0.1) is 12.1 Å². The highest BCUT2D eigenvalue weighted by atomic mass is 16.5. The van der Waals surface area contributed by atoms with E-state index in [4.69, 9.17) is 9.47 Å². The Morgan fingerprint density at radius 3 is 2.76 bits per heavy atom. The maximum atomic E-state index is 11.9. The number of imidazole rings is 1. The molecule has 6 nitrogen and oxygen atoms in total. The van der Waals surface area contributed by atoms with Crippen LogP contribution in [0.5, 0.6) is 0 Å². The summed E-state index contributed by atoms with van der Waals surface area (Å²) in [7, 11) is 0. The first kappa shape index (κ1) is 17.4. The van der Waals surface area contributed by atoms with E-state index in [9.17, 15) is 5.21 Å². The molecule has 0 bridgehead atoms. The third-order valence-corrected chi connectivity index (χ3v) is 4.07. The molecule has 2 heterocycles. The molecule has 3 rings (SSSR count). The van der Waals surface area contributed by atoms with Crippen molar-refractivity contribution in [1.29, 1.82) is 0 Å². The Morgan fingerprint density at radius 2 is 2.00 bits per heavy atom. The van der Waals surface area contributed by atoms with Crippen LogP contribution in [0.4, 0.5) is 0 Å². The maximum absolute atomic E-state index is 11.9. The van der Waals surface area contributed by atoms with Gasteiger partial charge in [-0.05, 0) is 29.6 Å². The third kappa shape index (κ3) is 4.15. The molecular weight excluding hydrogens is 318 g/mol. The van der Waals surface area contributed by atoms with Crippen molar-refractivity contribution in [2.45, 2.75) is 33.1 Å². The molecule has 6 heteroatoms. The van der Waals surface area contributed by atoms with Crippen molar-refractivity contribution in [3.8, 4) is 0 Å². The molecule has 0 fully saturated rings. The Kier molecular flexibility index (Phi) is 5.63. The molecule has 0 radical (unpaired) electrons. The van der Waals surface area contributed by atoms with Crippen LogP contribution in [0.3, 0.4) is 0 Å². The van der Waals surface area contributed by atoms with Crippen LogP contribution < -0.4 is 4.73 Å². The van der Waals surface area contributed by atoms with Crippen molar-refractivity contribution in [3.05, 3.63) is 65.3 Å². The number of rotatable bonds is 8. The van der Waals surface area contributed by atoms with Gasteiger partial charge < -0.3 is 14.7 Å². The number of aromatic nitrogens is 3. The smallest absolute Gasteiger partial charge is 0.352 e. The van der Waals surface area contributed by atoms with E-state index in [0.29, 0.717) is 32.0 Å². The standard InChI is InChI=1S/C19H23N3O3/c1-3-25-17(14-24-13-16-8-5-4-6-9-16)12-21-15(2)20-19-18(21)10-7-11-22(19)23/h4-11,17H,3,12-14H2,1-2H3. The summed E-state index contributed by atoms with van der Waals surface area (Å²) in [5.41, 5.74) is 2.37. The predicted molar refractivity (Wildman–Crippen MR) is 94.9 cm³/mol. The lowest BCUT2D eigenvalue weighted by Gasteiger charge is -2.18. The molecule has 0 aliphatic carbocycles. The minimum Gasteiger partial charge on any atom is -0.710 e. The van der Waals surface area contributed by atoms with E-state index in [-0.39, 0.29) is 6.10 Å². The van der Waals surface area contributed by atoms with Crippen LogP contribution in [0.1, 0.15) is 18.3 Å². The molecule has 0 spiro atoms. The topological polar surface area (TPSA) is 63.2 Å². The van der Waals surface area contributed by atoms with Gasteiger partial charge in [-0.3, -0.25) is 4.57 Å². The van der Waals surface area contributed by atoms with Crippen LogP contribution in [-0.4, -0.2) is 28.9 Å². The Hall–Kier alpha value is -2.44. The SMILES string of the molecule is CCOC(COCc1ccccc1)Cn1c(C)nc2c1ccc[n+]2[O-]. The molecule has 1 atom stereocenters. The van der Waals surface area contributed by atoms with Crippen molar-refractivity contribution in [1.82, 2.24) is 9.55 Å². The number of benzene rings is 1. The Bertz CT molecular complexity index is 817. The zero-order chi connectivity index (χ0) is 17.6. The van der Waals surface area contributed by atoms with Crippen LogP contribution in [-0.2, 0) is 22.6 Å². The van der Waals surface area contributed by atoms with Gasteiger partial charge in [0.2, 0.25) is 5.82 Å². The van der Waals surface area contributed by atoms with E-state index < -0.39 is 0 Å². The van der Waals surface area contributed by atoms with Gasteiger partial charge >= 0.3 is 5.65 Å². The fourth-order valence-corrected chi connectivity index (χ4v) is 2.88. The zero-order valence-corrected chi connectivity index (χ0v) is 14.6. The number of aryl methyl sites for hydroxylation is 1. The monoisotopic (exact) mass is 341 g/mol. The molecule has 0 aliphatic rings. The number of fused-ring (bicyclic) bond motifs is 1. The zero-order valence-electron chi connectivity index (χ0n) is 14.6. The highest BCUT2D eigenvalue weighted by Crippen LogP contribution is 2.14. The van der Waals surface area contributed by atoms with E-state index in [1.807, 2.05) is 54.8 Å². The van der Waals surface area contributed by atoms with Crippen molar-refractivity contribution >= 4 is 11.2 Å². The summed E-state index contributed by atoms with van der Waals surface area (Å²) < 4.78 is 14.5. The molecule has 0 saturated carbocycles. The van der Waals surface area contributed by atoms with Crippen LogP contribution in [0.15, 0.2) is 48.7 Å². The summed E-state index contributed by atoms with van der Waals surface area (Å²) in [5.74, 6) is 0.790. The van der Waals surface area contributed by atoms with Gasteiger partial charge in [0.15, 0.2) is 0 Å². The van der Waals surface area contributed by atoms with E-state index in [1.54, 1.807) is 6.07 Å². The molecule has 3 aromatic rings. The highest BCUT2D eigenvalue weighted by molar-refractivity contribution is 5.68. The number of hydrogen-bond donors (Lipinski definition) is 0. The minimum atomic E-state index is -0.106. The average Bonchev–Trinajstić information content (AvgIpc) is 2.93. The molecular formula is C19H23N3O3. The summed E-state index contributed by atoms with van der Waals surface area (Å²) in [6.07, 6.45) is 1.35. The van der Waals surface area contributed by atoms with Gasteiger partial charge in [0.1, 0.15) is 5.52 Å². The summed E-state index contributed by atoms with van der Waals surface area (Å²) >= 11 is 0. The second-order valence-corrected chi connectivity index (χ2v) is 5.89. The molecule has 0 aliphatic heterocycles. The Labute approximate surface area is 147 Å². The van der Waals surface area contributed by atoms with E-state index in [2.05, 4.69) is 4.98 Å². The summed E-state index contributed by atoms with van der Waals surface area (Å²) in [4.78, 5) is 4.37. The minimum absolute atomic E-state index is 0.106. The van der Waals surface area contributed by atoms with Crippen molar-refractivity contribution in [2.24, 2.45) is 0 Å². The first-order valence-corrected chi connectivity index (χ1v) is 8.47. The second-order valence-electron chi connectivity index (χ2n) is 5.89.